The van der Waals surface area contributed by atoms with Crippen molar-refractivity contribution >= 4 is 17.3 Å². The molecule has 0 radical (unpaired) electrons. The van der Waals surface area contributed by atoms with Gasteiger partial charge in [-0.25, -0.2) is 24.3 Å². The minimum Gasteiger partial charge on any atom is -0.395 e. The molecule has 0 amide bonds. The van der Waals surface area contributed by atoms with Gasteiger partial charge in [0.05, 0.1) is 12.3 Å². The third kappa shape index (κ3) is 4.54. The first-order valence-corrected chi connectivity index (χ1v) is 12.0. The summed E-state index contributed by atoms with van der Waals surface area (Å²) in [5, 5.41) is 12.7. The maximum absolute atomic E-state index is 13.6. The summed E-state index contributed by atoms with van der Waals surface area (Å²) in [5.74, 6) is 2.72. The van der Waals surface area contributed by atoms with Crippen molar-refractivity contribution in [3.63, 3.8) is 0 Å². The number of hydrogen-bond acceptors (Lipinski definition) is 7. The number of aliphatic hydroxyl groups excluding tert-OH is 1. The second-order valence-electron chi connectivity index (χ2n) is 9.87. The van der Waals surface area contributed by atoms with E-state index in [1.54, 1.807) is 18.5 Å². The molecule has 5 rings (SSSR count). The van der Waals surface area contributed by atoms with Crippen LogP contribution in [0, 0.1) is 19.7 Å². The van der Waals surface area contributed by atoms with Crippen molar-refractivity contribution < 1.29 is 9.50 Å². The number of nitrogens with one attached hydrogen (secondary N) is 1. The average Bonchev–Trinajstić information content (AvgIpc) is 3.38. The van der Waals surface area contributed by atoms with E-state index in [1.165, 1.54) is 12.1 Å². The average molecular weight is 488 g/mol. The number of aromatic nitrogens is 5. The molecule has 0 saturated carbocycles. The van der Waals surface area contributed by atoms with Gasteiger partial charge in [-0.05, 0) is 49.2 Å². The van der Waals surface area contributed by atoms with E-state index in [2.05, 4.69) is 40.1 Å². The second-order valence-corrected chi connectivity index (χ2v) is 9.87. The summed E-state index contributed by atoms with van der Waals surface area (Å²) in [6.07, 6.45) is 6.05. The third-order valence-electron chi connectivity index (χ3n) is 6.39. The van der Waals surface area contributed by atoms with Gasteiger partial charge in [-0.1, -0.05) is 19.9 Å². The van der Waals surface area contributed by atoms with Gasteiger partial charge in [-0.2, -0.15) is 0 Å². The quantitative estimate of drug-likeness (QED) is 0.403. The van der Waals surface area contributed by atoms with Crippen LogP contribution >= 0.6 is 0 Å². The molecule has 1 aromatic carbocycles. The zero-order valence-corrected chi connectivity index (χ0v) is 21.0. The highest BCUT2D eigenvalue weighted by Crippen LogP contribution is 2.46. The molecule has 0 aliphatic carbocycles. The monoisotopic (exact) mass is 487 g/mol. The summed E-state index contributed by atoms with van der Waals surface area (Å²) in [4.78, 5) is 20.9. The van der Waals surface area contributed by atoms with Crippen molar-refractivity contribution in [1.82, 2.24) is 24.5 Å². The number of nitrogens with zero attached hydrogens (tertiary/aromatic N) is 6. The number of imidazole rings is 1. The summed E-state index contributed by atoms with van der Waals surface area (Å²) in [7, 11) is 0. The van der Waals surface area contributed by atoms with Crippen molar-refractivity contribution in [3.05, 3.63) is 83.1 Å². The van der Waals surface area contributed by atoms with E-state index >= 15 is 0 Å². The van der Waals surface area contributed by atoms with Crippen molar-refractivity contribution in [2.75, 3.05) is 29.9 Å². The molecule has 0 atom stereocenters. The molecule has 8 nitrogen and oxygen atoms in total. The SMILES string of the molecule is Cc1cn(-c2ncc(Cc3nc(NCCO)c4c(n3)N(c3ccc(F)cc3)CC4(C)C)cc2C)cn1. The van der Waals surface area contributed by atoms with Gasteiger partial charge < -0.3 is 15.3 Å². The number of rotatable bonds is 7. The van der Waals surface area contributed by atoms with Gasteiger partial charge in [0, 0.05) is 48.6 Å². The van der Waals surface area contributed by atoms with Crippen LogP contribution in [-0.4, -0.2) is 49.3 Å². The van der Waals surface area contributed by atoms with E-state index in [9.17, 15) is 9.50 Å². The number of fused-ring (bicyclic) bond motifs is 1. The molecule has 4 heterocycles. The molecule has 0 bridgehead atoms. The second kappa shape index (κ2) is 9.31. The zero-order valence-electron chi connectivity index (χ0n) is 21.0. The molecule has 36 heavy (non-hydrogen) atoms. The van der Waals surface area contributed by atoms with Crippen LogP contribution in [0.4, 0.5) is 21.7 Å². The normalized spacial score (nSPS) is 14.2. The zero-order chi connectivity index (χ0) is 25.4. The first kappa shape index (κ1) is 23.9. The minimum atomic E-state index is -0.275. The van der Waals surface area contributed by atoms with E-state index in [-0.39, 0.29) is 17.8 Å². The van der Waals surface area contributed by atoms with Crippen LogP contribution in [0.5, 0.6) is 0 Å². The standard InChI is InChI=1S/C27H30FN7O/c1-17-11-19(13-30-25(17)34-14-18(2)31-16-34)12-22-32-24(29-9-10-36)23-26(33-22)35(15-27(23,3)4)21-7-5-20(28)6-8-21/h5-8,11,13-14,16,36H,9-10,12,15H2,1-4H3,(H,29,32,33). The lowest BCUT2D eigenvalue weighted by Gasteiger charge is -2.22. The summed E-state index contributed by atoms with van der Waals surface area (Å²) in [5.41, 5.74) is 4.57. The van der Waals surface area contributed by atoms with Gasteiger partial charge in [0.15, 0.2) is 0 Å². The maximum atomic E-state index is 13.6. The van der Waals surface area contributed by atoms with E-state index in [4.69, 9.17) is 9.97 Å². The molecule has 186 valence electrons. The molecule has 3 aromatic heterocycles. The van der Waals surface area contributed by atoms with Crippen LogP contribution in [-0.2, 0) is 11.8 Å². The van der Waals surface area contributed by atoms with Crippen molar-refractivity contribution in [2.24, 2.45) is 0 Å². The molecule has 2 N–H and O–H groups in total. The highest BCUT2D eigenvalue weighted by Gasteiger charge is 2.40. The highest BCUT2D eigenvalue weighted by atomic mass is 19.1. The molecule has 1 aliphatic rings. The van der Waals surface area contributed by atoms with Gasteiger partial charge >= 0.3 is 0 Å². The molecule has 0 spiro atoms. The summed E-state index contributed by atoms with van der Waals surface area (Å²) in [6, 6.07) is 8.56. The molecule has 1 aliphatic heterocycles. The predicted octanol–water partition coefficient (Wildman–Crippen LogP) is 4.24. The van der Waals surface area contributed by atoms with E-state index in [1.807, 2.05) is 30.8 Å². The molecule has 9 heteroatoms. The Morgan fingerprint density at radius 2 is 1.86 bits per heavy atom. The van der Waals surface area contributed by atoms with E-state index in [0.717, 1.165) is 39.7 Å². The van der Waals surface area contributed by atoms with Gasteiger partial charge in [-0.15, -0.1) is 0 Å². The number of anilines is 3. The van der Waals surface area contributed by atoms with Crippen LogP contribution in [0.15, 0.2) is 49.1 Å². The van der Waals surface area contributed by atoms with Crippen LogP contribution in [0.1, 0.15) is 42.1 Å². The predicted molar refractivity (Wildman–Crippen MR) is 138 cm³/mol. The maximum Gasteiger partial charge on any atom is 0.142 e. The number of aryl methyl sites for hydroxylation is 2. The number of benzene rings is 1. The van der Waals surface area contributed by atoms with E-state index in [0.29, 0.717) is 31.2 Å². The molecular weight excluding hydrogens is 457 g/mol. The first-order valence-electron chi connectivity index (χ1n) is 12.0. The fourth-order valence-corrected chi connectivity index (χ4v) is 4.79. The lowest BCUT2D eigenvalue weighted by Crippen LogP contribution is -2.25. The smallest absolute Gasteiger partial charge is 0.142 e. The Morgan fingerprint density at radius 3 is 2.53 bits per heavy atom. The van der Waals surface area contributed by atoms with Crippen LogP contribution in [0.2, 0.25) is 0 Å². The van der Waals surface area contributed by atoms with Gasteiger partial charge in [-0.3, -0.25) is 4.57 Å². The number of aliphatic hydroxyl groups is 1. The Labute approximate surface area is 209 Å². The topological polar surface area (TPSA) is 92.0 Å². The molecular formula is C27H30FN7O. The van der Waals surface area contributed by atoms with E-state index < -0.39 is 0 Å². The number of pyridine rings is 1. The van der Waals surface area contributed by atoms with Gasteiger partial charge in [0.25, 0.3) is 0 Å². The molecule has 0 unspecified atom stereocenters. The summed E-state index contributed by atoms with van der Waals surface area (Å²) < 4.78 is 15.5. The first-order chi connectivity index (χ1) is 17.2. The molecule has 0 saturated heterocycles. The Balaban J connectivity index is 1.53. The fraction of sp³-hybridized carbons (Fsp3) is 0.333. The summed E-state index contributed by atoms with van der Waals surface area (Å²) in [6.45, 7) is 9.32. The van der Waals surface area contributed by atoms with Crippen molar-refractivity contribution in [2.45, 2.75) is 39.5 Å². The molecule has 4 aromatic rings. The molecule has 0 fully saturated rings. The van der Waals surface area contributed by atoms with Crippen molar-refractivity contribution in [1.29, 1.82) is 0 Å². The Kier molecular flexibility index (Phi) is 6.17. The van der Waals surface area contributed by atoms with Gasteiger partial charge in [0.2, 0.25) is 0 Å². The largest absolute Gasteiger partial charge is 0.395 e. The highest BCUT2D eigenvalue weighted by molar-refractivity contribution is 5.74. The Morgan fingerprint density at radius 1 is 1.08 bits per heavy atom. The van der Waals surface area contributed by atoms with Crippen molar-refractivity contribution in [3.8, 4) is 5.82 Å². The minimum absolute atomic E-state index is 0.00544. The summed E-state index contributed by atoms with van der Waals surface area (Å²) >= 11 is 0. The number of halogens is 1. The van der Waals surface area contributed by atoms with Crippen LogP contribution < -0.4 is 10.2 Å². The van der Waals surface area contributed by atoms with Crippen LogP contribution in [0.25, 0.3) is 5.82 Å². The third-order valence-corrected chi connectivity index (χ3v) is 6.39. The lowest BCUT2D eigenvalue weighted by molar-refractivity contribution is 0.311. The number of hydrogen-bond donors (Lipinski definition) is 2. The van der Waals surface area contributed by atoms with Crippen LogP contribution in [0.3, 0.4) is 0 Å². The Bertz CT molecular complexity index is 1400. The lowest BCUT2D eigenvalue weighted by atomic mass is 9.88. The Hall–Kier alpha value is -3.85. The fourth-order valence-electron chi connectivity index (χ4n) is 4.79. The van der Waals surface area contributed by atoms with Gasteiger partial charge in [0.1, 0.15) is 35.4 Å².